The molecular formula is C16H22N2O2. The lowest BCUT2D eigenvalue weighted by molar-refractivity contribution is 0.0828. The number of hydrogen-bond acceptors (Lipinski definition) is 2. The average Bonchev–Trinajstić information content (AvgIpc) is 2.42. The van der Waals surface area contributed by atoms with Crippen LogP contribution in [0, 0.1) is 5.92 Å². The normalized spacial score (nSPS) is 26.0. The molecule has 2 amide bonds. The van der Waals surface area contributed by atoms with Gasteiger partial charge in [0.2, 0.25) is 5.91 Å². The topological polar surface area (TPSA) is 72.2 Å². The fraction of sp³-hybridized carbons (Fsp3) is 0.500. The molecule has 108 valence electrons. The van der Waals surface area contributed by atoms with Crippen LogP contribution in [0.5, 0.6) is 0 Å². The Balaban J connectivity index is 2.09. The van der Waals surface area contributed by atoms with Gasteiger partial charge in [0, 0.05) is 16.7 Å². The van der Waals surface area contributed by atoms with E-state index in [2.05, 4.69) is 19.2 Å². The Morgan fingerprint density at radius 3 is 2.35 bits per heavy atom. The van der Waals surface area contributed by atoms with Gasteiger partial charge in [-0.15, -0.1) is 0 Å². The van der Waals surface area contributed by atoms with E-state index in [0.717, 1.165) is 19.3 Å². The van der Waals surface area contributed by atoms with Gasteiger partial charge in [0.25, 0.3) is 5.91 Å². The average molecular weight is 274 g/mol. The number of primary amides is 1. The fourth-order valence-electron chi connectivity index (χ4n) is 2.81. The van der Waals surface area contributed by atoms with E-state index >= 15 is 0 Å². The van der Waals surface area contributed by atoms with Gasteiger partial charge in [0.05, 0.1) is 0 Å². The molecule has 0 aliphatic heterocycles. The third kappa shape index (κ3) is 3.00. The van der Waals surface area contributed by atoms with Gasteiger partial charge in [-0.3, -0.25) is 9.59 Å². The first-order valence-electron chi connectivity index (χ1n) is 7.15. The second-order valence-electron chi connectivity index (χ2n) is 5.96. The van der Waals surface area contributed by atoms with Crippen LogP contribution in [0.3, 0.4) is 0 Å². The Morgan fingerprint density at radius 2 is 1.80 bits per heavy atom. The third-order valence-electron chi connectivity index (χ3n) is 4.50. The van der Waals surface area contributed by atoms with Crippen LogP contribution in [0.15, 0.2) is 24.3 Å². The Labute approximate surface area is 119 Å². The molecule has 0 bridgehead atoms. The largest absolute Gasteiger partial charge is 0.366 e. The zero-order chi connectivity index (χ0) is 14.8. The monoisotopic (exact) mass is 274 g/mol. The Kier molecular flexibility index (Phi) is 4.12. The van der Waals surface area contributed by atoms with Crippen LogP contribution in [-0.2, 0) is 0 Å². The molecule has 1 saturated carbocycles. The highest BCUT2D eigenvalue weighted by molar-refractivity contribution is 5.97. The third-order valence-corrected chi connectivity index (χ3v) is 4.50. The van der Waals surface area contributed by atoms with E-state index in [9.17, 15) is 9.59 Å². The van der Waals surface area contributed by atoms with E-state index in [4.69, 9.17) is 5.73 Å². The summed E-state index contributed by atoms with van der Waals surface area (Å²) in [6.07, 6.45) is 4.55. The van der Waals surface area contributed by atoms with Crippen molar-refractivity contribution >= 4 is 11.8 Å². The first-order chi connectivity index (χ1) is 9.42. The molecule has 3 N–H and O–H groups in total. The van der Waals surface area contributed by atoms with Crippen LogP contribution in [-0.4, -0.2) is 17.4 Å². The second-order valence-corrected chi connectivity index (χ2v) is 5.96. The predicted molar refractivity (Wildman–Crippen MR) is 78.5 cm³/mol. The molecule has 1 aliphatic rings. The van der Waals surface area contributed by atoms with Crippen molar-refractivity contribution in [2.45, 2.75) is 45.1 Å². The van der Waals surface area contributed by atoms with Crippen molar-refractivity contribution in [1.82, 2.24) is 5.32 Å². The first-order valence-corrected chi connectivity index (χ1v) is 7.15. The molecule has 0 unspecified atom stereocenters. The van der Waals surface area contributed by atoms with E-state index < -0.39 is 5.91 Å². The standard InChI is InChI=1S/C16H22N2O2/c1-11-5-3-4-10-16(11,2)18-15(20)13-8-6-12(7-9-13)14(17)19/h6-9,11H,3-5,10H2,1-2H3,(H2,17,19)(H,18,20)/t11-,16+/m0/s1. The van der Waals surface area contributed by atoms with Gasteiger partial charge in [-0.25, -0.2) is 0 Å². The van der Waals surface area contributed by atoms with E-state index in [1.807, 2.05) is 0 Å². The molecule has 4 heteroatoms. The van der Waals surface area contributed by atoms with Crippen LogP contribution in [0.1, 0.15) is 60.2 Å². The second kappa shape index (κ2) is 5.65. The Bertz CT molecular complexity index is 510. The summed E-state index contributed by atoms with van der Waals surface area (Å²) >= 11 is 0. The lowest BCUT2D eigenvalue weighted by Crippen LogP contribution is -2.52. The predicted octanol–water partition coefficient (Wildman–Crippen LogP) is 2.48. The molecular weight excluding hydrogens is 252 g/mol. The molecule has 2 rings (SSSR count). The number of nitrogens with one attached hydrogen (secondary N) is 1. The van der Waals surface area contributed by atoms with Crippen molar-refractivity contribution in [3.05, 3.63) is 35.4 Å². The van der Waals surface area contributed by atoms with E-state index in [0.29, 0.717) is 17.0 Å². The minimum absolute atomic E-state index is 0.0859. The quantitative estimate of drug-likeness (QED) is 0.888. The van der Waals surface area contributed by atoms with Crippen LogP contribution in [0.2, 0.25) is 0 Å². The molecule has 0 spiro atoms. The van der Waals surface area contributed by atoms with Crippen LogP contribution < -0.4 is 11.1 Å². The molecule has 1 aromatic rings. The summed E-state index contributed by atoms with van der Waals surface area (Å²) in [6.45, 7) is 4.31. The summed E-state index contributed by atoms with van der Waals surface area (Å²) < 4.78 is 0. The highest BCUT2D eigenvalue weighted by atomic mass is 16.2. The highest BCUT2D eigenvalue weighted by Crippen LogP contribution is 2.33. The van der Waals surface area contributed by atoms with Crippen LogP contribution >= 0.6 is 0 Å². The SMILES string of the molecule is C[C@H]1CCCC[C@@]1(C)NC(=O)c1ccc(C(N)=O)cc1. The van der Waals surface area contributed by atoms with Crippen molar-refractivity contribution in [2.24, 2.45) is 11.7 Å². The molecule has 0 heterocycles. The van der Waals surface area contributed by atoms with Crippen molar-refractivity contribution in [3.63, 3.8) is 0 Å². The molecule has 0 saturated heterocycles. The molecule has 1 aromatic carbocycles. The maximum absolute atomic E-state index is 12.3. The van der Waals surface area contributed by atoms with E-state index in [1.54, 1.807) is 24.3 Å². The van der Waals surface area contributed by atoms with Gasteiger partial charge in [-0.2, -0.15) is 0 Å². The summed E-state index contributed by atoms with van der Waals surface area (Å²) in [5, 5.41) is 3.15. The Morgan fingerprint density at radius 1 is 1.20 bits per heavy atom. The molecule has 2 atom stereocenters. The van der Waals surface area contributed by atoms with Gasteiger partial charge in [-0.1, -0.05) is 19.8 Å². The molecule has 20 heavy (non-hydrogen) atoms. The maximum Gasteiger partial charge on any atom is 0.251 e. The van der Waals surface area contributed by atoms with Crippen LogP contribution in [0.4, 0.5) is 0 Å². The molecule has 1 aliphatic carbocycles. The zero-order valence-corrected chi connectivity index (χ0v) is 12.1. The van der Waals surface area contributed by atoms with Gasteiger partial charge in [0.15, 0.2) is 0 Å². The minimum Gasteiger partial charge on any atom is -0.366 e. The van der Waals surface area contributed by atoms with Crippen LogP contribution in [0.25, 0.3) is 0 Å². The molecule has 1 fully saturated rings. The van der Waals surface area contributed by atoms with Gasteiger partial charge < -0.3 is 11.1 Å². The van der Waals surface area contributed by atoms with Gasteiger partial charge in [0.1, 0.15) is 0 Å². The summed E-state index contributed by atoms with van der Waals surface area (Å²) in [5.74, 6) is -0.0906. The molecule has 0 aromatic heterocycles. The van der Waals surface area contributed by atoms with Gasteiger partial charge in [-0.05, 0) is 49.9 Å². The molecule has 4 nitrogen and oxygen atoms in total. The van der Waals surface area contributed by atoms with Crippen molar-refractivity contribution in [1.29, 1.82) is 0 Å². The summed E-state index contributed by atoms with van der Waals surface area (Å²) in [7, 11) is 0. The van der Waals surface area contributed by atoms with E-state index in [1.165, 1.54) is 6.42 Å². The molecule has 0 radical (unpaired) electrons. The Hall–Kier alpha value is -1.84. The minimum atomic E-state index is -0.482. The van der Waals surface area contributed by atoms with Crippen molar-refractivity contribution < 1.29 is 9.59 Å². The van der Waals surface area contributed by atoms with E-state index in [-0.39, 0.29) is 11.4 Å². The van der Waals surface area contributed by atoms with Gasteiger partial charge >= 0.3 is 0 Å². The summed E-state index contributed by atoms with van der Waals surface area (Å²) in [4.78, 5) is 23.3. The summed E-state index contributed by atoms with van der Waals surface area (Å²) in [6, 6.07) is 6.46. The zero-order valence-electron chi connectivity index (χ0n) is 12.1. The highest BCUT2D eigenvalue weighted by Gasteiger charge is 2.34. The number of benzene rings is 1. The number of carbonyl (C=O) groups is 2. The number of amides is 2. The first kappa shape index (κ1) is 14.6. The number of rotatable bonds is 3. The lowest BCUT2D eigenvalue weighted by atomic mass is 9.75. The fourth-order valence-corrected chi connectivity index (χ4v) is 2.81. The summed E-state index contributed by atoms with van der Waals surface area (Å²) in [5.41, 5.74) is 6.03. The smallest absolute Gasteiger partial charge is 0.251 e. The lowest BCUT2D eigenvalue weighted by Gasteiger charge is -2.40. The number of carbonyl (C=O) groups excluding carboxylic acids is 2. The maximum atomic E-state index is 12.3. The van der Waals surface area contributed by atoms with Crippen molar-refractivity contribution in [2.75, 3.05) is 0 Å². The number of hydrogen-bond donors (Lipinski definition) is 2. The van der Waals surface area contributed by atoms with Crippen molar-refractivity contribution in [3.8, 4) is 0 Å². The number of nitrogens with two attached hydrogens (primary N) is 1.